The first-order chi connectivity index (χ1) is 13.4. The van der Waals surface area contributed by atoms with E-state index in [2.05, 4.69) is 52.3 Å². The Morgan fingerprint density at radius 2 is 1.79 bits per heavy atom. The van der Waals surface area contributed by atoms with Crippen molar-refractivity contribution in [2.75, 3.05) is 5.32 Å². The molecule has 0 aliphatic heterocycles. The van der Waals surface area contributed by atoms with Gasteiger partial charge in [-0.1, -0.05) is 41.9 Å². The second kappa shape index (κ2) is 7.53. The smallest absolute Gasteiger partial charge is 0.265 e. The summed E-state index contributed by atoms with van der Waals surface area (Å²) in [4.78, 5) is 14.4. The molecule has 142 valence electrons. The van der Waals surface area contributed by atoms with Gasteiger partial charge in [-0.05, 0) is 60.9 Å². The van der Waals surface area contributed by atoms with Gasteiger partial charge in [0, 0.05) is 15.5 Å². The van der Waals surface area contributed by atoms with Crippen LogP contribution < -0.4 is 5.32 Å². The van der Waals surface area contributed by atoms with E-state index in [9.17, 15) is 4.79 Å². The molecule has 2 aromatic carbocycles. The molecule has 0 unspecified atom stereocenters. The Morgan fingerprint density at radius 1 is 1.11 bits per heavy atom. The van der Waals surface area contributed by atoms with E-state index in [0.717, 1.165) is 31.8 Å². The van der Waals surface area contributed by atoms with Gasteiger partial charge < -0.3 is 5.32 Å². The van der Waals surface area contributed by atoms with Gasteiger partial charge in [0.15, 0.2) is 0 Å². The summed E-state index contributed by atoms with van der Waals surface area (Å²) in [6, 6.07) is 17.9. The molecule has 4 aromatic rings. The molecule has 0 saturated heterocycles. The van der Waals surface area contributed by atoms with Crippen LogP contribution in [0.2, 0.25) is 0 Å². The third-order valence-electron chi connectivity index (χ3n) is 4.67. The van der Waals surface area contributed by atoms with Crippen LogP contribution >= 0.6 is 27.3 Å². The van der Waals surface area contributed by atoms with Gasteiger partial charge in [-0.2, -0.15) is 5.10 Å². The number of rotatable bonds is 4. The summed E-state index contributed by atoms with van der Waals surface area (Å²) >= 11 is 4.92. The van der Waals surface area contributed by atoms with Gasteiger partial charge in [-0.3, -0.25) is 4.79 Å². The summed E-state index contributed by atoms with van der Waals surface area (Å²) in [7, 11) is 0. The SMILES string of the molecule is Cc1nn(-c2ccc(Br)cc2)c2sc(C(=O)Nc3ccc(C(C)C)cc3)cc12. The minimum atomic E-state index is -0.0970. The zero-order chi connectivity index (χ0) is 19.8. The monoisotopic (exact) mass is 453 g/mol. The minimum absolute atomic E-state index is 0.0970. The van der Waals surface area contributed by atoms with Crippen LogP contribution in [0.3, 0.4) is 0 Å². The normalized spacial score (nSPS) is 11.3. The highest BCUT2D eigenvalue weighted by Gasteiger charge is 2.17. The molecule has 4 rings (SSSR count). The lowest BCUT2D eigenvalue weighted by molar-refractivity contribution is 0.103. The summed E-state index contributed by atoms with van der Waals surface area (Å²) in [5, 5.41) is 8.64. The van der Waals surface area contributed by atoms with Gasteiger partial charge in [-0.25, -0.2) is 4.68 Å². The molecule has 0 aliphatic rings. The van der Waals surface area contributed by atoms with E-state index in [1.54, 1.807) is 0 Å². The highest BCUT2D eigenvalue weighted by atomic mass is 79.9. The predicted molar refractivity (Wildman–Crippen MR) is 120 cm³/mol. The van der Waals surface area contributed by atoms with E-state index in [4.69, 9.17) is 0 Å². The fourth-order valence-corrected chi connectivity index (χ4v) is 4.40. The molecule has 2 aromatic heterocycles. The molecule has 6 heteroatoms. The predicted octanol–water partition coefficient (Wildman–Crippen LogP) is 6.53. The lowest BCUT2D eigenvalue weighted by atomic mass is 10.0. The Kier molecular flexibility index (Phi) is 5.08. The lowest BCUT2D eigenvalue weighted by Gasteiger charge is -2.07. The van der Waals surface area contributed by atoms with Crippen LogP contribution in [0.15, 0.2) is 59.1 Å². The zero-order valence-electron chi connectivity index (χ0n) is 15.9. The number of hydrogen-bond donors (Lipinski definition) is 1. The van der Waals surface area contributed by atoms with E-state index >= 15 is 0 Å². The second-order valence-electron chi connectivity index (χ2n) is 7.03. The van der Waals surface area contributed by atoms with Crippen molar-refractivity contribution in [2.24, 2.45) is 0 Å². The van der Waals surface area contributed by atoms with Crippen LogP contribution in [0.4, 0.5) is 5.69 Å². The Bertz CT molecular complexity index is 1140. The van der Waals surface area contributed by atoms with Crippen molar-refractivity contribution < 1.29 is 4.79 Å². The molecular formula is C22H20BrN3OS. The Labute approximate surface area is 176 Å². The topological polar surface area (TPSA) is 46.9 Å². The molecule has 4 nitrogen and oxygen atoms in total. The summed E-state index contributed by atoms with van der Waals surface area (Å²) in [5.74, 6) is 0.372. The Balaban J connectivity index is 1.63. The van der Waals surface area contributed by atoms with Crippen LogP contribution in [0.25, 0.3) is 15.9 Å². The number of fused-ring (bicyclic) bond motifs is 1. The molecule has 0 fully saturated rings. The van der Waals surface area contributed by atoms with Crippen LogP contribution in [0.1, 0.15) is 40.7 Å². The van der Waals surface area contributed by atoms with Gasteiger partial charge in [0.25, 0.3) is 5.91 Å². The number of carbonyl (C=O) groups excluding carboxylic acids is 1. The van der Waals surface area contributed by atoms with Gasteiger partial charge >= 0.3 is 0 Å². The van der Waals surface area contributed by atoms with Crippen molar-refractivity contribution in [3.05, 3.63) is 75.2 Å². The fourth-order valence-electron chi connectivity index (χ4n) is 3.06. The van der Waals surface area contributed by atoms with Crippen molar-refractivity contribution in [1.82, 2.24) is 9.78 Å². The average molecular weight is 454 g/mol. The van der Waals surface area contributed by atoms with Crippen molar-refractivity contribution in [2.45, 2.75) is 26.7 Å². The Hall–Kier alpha value is -2.44. The molecule has 1 amide bonds. The number of anilines is 1. The van der Waals surface area contributed by atoms with Crippen LogP contribution in [-0.4, -0.2) is 15.7 Å². The molecule has 0 bridgehead atoms. The number of halogens is 1. The molecular weight excluding hydrogens is 434 g/mol. The molecule has 0 spiro atoms. The number of aromatic nitrogens is 2. The van der Waals surface area contributed by atoms with Gasteiger partial charge in [0.05, 0.1) is 16.3 Å². The quantitative estimate of drug-likeness (QED) is 0.381. The third-order valence-corrected chi connectivity index (χ3v) is 6.31. The molecule has 0 radical (unpaired) electrons. The first kappa shape index (κ1) is 18.9. The number of benzene rings is 2. The van der Waals surface area contributed by atoms with Gasteiger partial charge in [0.1, 0.15) is 4.83 Å². The number of thiophene rings is 1. The maximum absolute atomic E-state index is 12.8. The highest BCUT2D eigenvalue weighted by Crippen LogP contribution is 2.31. The molecule has 0 aliphatic carbocycles. The van der Waals surface area contributed by atoms with E-state index < -0.39 is 0 Å². The number of nitrogens with one attached hydrogen (secondary N) is 1. The molecule has 2 heterocycles. The Morgan fingerprint density at radius 3 is 2.43 bits per heavy atom. The van der Waals surface area contributed by atoms with Crippen molar-refractivity contribution in [3.8, 4) is 5.69 Å². The number of hydrogen-bond acceptors (Lipinski definition) is 3. The van der Waals surface area contributed by atoms with Crippen LogP contribution in [-0.2, 0) is 0 Å². The number of amides is 1. The van der Waals surface area contributed by atoms with Crippen LogP contribution in [0.5, 0.6) is 0 Å². The first-order valence-corrected chi connectivity index (χ1v) is 10.7. The van der Waals surface area contributed by atoms with E-state index in [1.807, 2.05) is 54.1 Å². The highest BCUT2D eigenvalue weighted by molar-refractivity contribution is 9.10. The number of nitrogens with zero attached hydrogens (tertiary/aromatic N) is 2. The maximum Gasteiger partial charge on any atom is 0.265 e. The van der Waals surface area contributed by atoms with Gasteiger partial charge in [0.2, 0.25) is 0 Å². The zero-order valence-corrected chi connectivity index (χ0v) is 18.3. The molecule has 0 saturated carbocycles. The largest absolute Gasteiger partial charge is 0.321 e. The molecule has 28 heavy (non-hydrogen) atoms. The molecule has 1 N–H and O–H groups in total. The van der Waals surface area contributed by atoms with Crippen molar-refractivity contribution in [3.63, 3.8) is 0 Å². The third kappa shape index (κ3) is 3.62. The minimum Gasteiger partial charge on any atom is -0.321 e. The number of carbonyl (C=O) groups is 1. The maximum atomic E-state index is 12.8. The molecule has 0 atom stereocenters. The summed E-state index contributed by atoms with van der Waals surface area (Å²) in [5.41, 5.74) is 3.94. The van der Waals surface area contributed by atoms with E-state index in [-0.39, 0.29) is 5.91 Å². The summed E-state index contributed by atoms with van der Waals surface area (Å²) in [6.07, 6.45) is 0. The van der Waals surface area contributed by atoms with E-state index in [1.165, 1.54) is 16.9 Å². The van der Waals surface area contributed by atoms with Crippen molar-refractivity contribution >= 4 is 49.1 Å². The van der Waals surface area contributed by atoms with E-state index in [0.29, 0.717) is 10.8 Å². The number of aryl methyl sites for hydroxylation is 1. The lowest BCUT2D eigenvalue weighted by Crippen LogP contribution is -2.10. The summed E-state index contributed by atoms with van der Waals surface area (Å²) < 4.78 is 2.92. The van der Waals surface area contributed by atoms with Crippen LogP contribution in [0, 0.1) is 6.92 Å². The second-order valence-corrected chi connectivity index (χ2v) is 8.98. The first-order valence-electron chi connectivity index (χ1n) is 9.09. The van der Waals surface area contributed by atoms with Gasteiger partial charge in [-0.15, -0.1) is 11.3 Å². The average Bonchev–Trinajstić information content (AvgIpc) is 3.24. The fraction of sp³-hybridized carbons (Fsp3) is 0.182. The van der Waals surface area contributed by atoms with Crippen molar-refractivity contribution in [1.29, 1.82) is 0 Å². The summed E-state index contributed by atoms with van der Waals surface area (Å²) in [6.45, 7) is 6.28. The standard InChI is InChI=1S/C22H20BrN3OS/c1-13(2)15-4-8-17(9-5-15)24-21(27)20-12-19-14(3)25-26(22(19)28-20)18-10-6-16(23)7-11-18/h4-13H,1-3H3,(H,24,27).